The first-order chi connectivity index (χ1) is 14.1. The predicted molar refractivity (Wildman–Crippen MR) is 107 cm³/mol. The second-order valence-electron chi connectivity index (χ2n) is 6.81. The molecule has 1 aliphatic rings. The third-order valence-electron chi connectivity index (χ3n) is 4.75. The van der Waals surface area contributed by atoms with Gasteiger partial charge in [0.05, 0.1) is 13.2 Å². The molecule has 2 aromatic heterocycles. The maximum atomic E-state index is 12.5. The second kappa shape index (κ2) is 8.32. The molecule has 150 valence electrons. The van der Waals surface area contributed by atoms with E-state index in [1.54, 1.807) is 35.4 Å². The van der Waals surface area contributed by atoms with Gasteiger partial charge in [0.1, 0.15) is 17.1 Å². The van der Waals surface area contributed by atoms with Crippen molar-refractivity contribution in [3.63, 3.8) is 0 Å². The van der Waals surface area contributed by atoms with Gasteiger partial charge in [0, 0.05) is 31.2 Å². The van der Waals surface area contributed by atoms with Crippen LogP contribution in [0.3, 0.4) is 0 Å². The van der Waals surface area contributed by atoms with Gasteiger partial charge in [0.15, 0.2) is 6.61 Å². The van der Waals surface area contributed by atoms with Crippen molar-refractivity contribution in [2.75, 3.05) is 38.2 Å². The van der Waals surface area contributed by atoms with Crippen LogP contribution in [0, 0.1) is 6.92 Å². The number of amides is 2. The number of benzene rings is 1. The molecule has 2 amide bonds. The number of carbonyl (C=O) groups is 2. The summed E-state index contributed by atoms with van der Waals surface area (Å²) in [6.45, 7) is 4.24. The van der Waals surface area contributed by atoms with E-state index in [9.17, 15) is 9.59 Å². The molecule has 0 saturated carbocycles. The molecule has 1 aliphatic heterocycles. The first-order valence-corrected chi connectivity index (χ1v) is 9.44. The Balaban J connectivity index is 1.34. The number of aryl methyl sites for hydroxylation is 1. The van der Waals surface area contributed by atoms with Crippen molar-refractivity contribution < 1.29 is 19.1 Å². The molecule has 3 aromatic rings. The van der Waals surface area contributed by atoms with Crippen molar-refractivity contribution in [2.45, 2.75) is 6.92 Å². The smallest absolute Gasteiger partial charge is 0.275 e. The van der Waals surface area contributed by atoms with Crippen LogP contribution in [0.4, 0.5) is 5.69 Å². The third kappa shape index (κ3) is 4.38. The summed E-state index contributed by atoms with van der Waals surface area (Å²) in [5.74, 6) is 0.213. The summed E-state index contributed by atoms with van der Waals surface area (Å²) in [6, 6.07) is 10.8. The molecule has 0 bridgehead atoms. The van der Waals surface area contributed by atoms with Crippen molar-refractivity contribution in [1.82, 2.24) is 14.3 Å². The van der Waals surface area contributed by atoms with E-state index < -0.39 is 0 Å². The molecule has 29 heavy (non-hydrogen) atoms. The number of imidazole rings is 1. The van der Waals surface area contributed by atoms with E-state index in [0.717, 1.165) is 11.2 Å². The summed E-state index contributed by atoms with van der Waals surface area (Å²) >= 11 is 0. The Bertz CT molecular complexity index is 1020. The number of aromatic nitrogens is 2. The highest BCUT2D eigenvalue weighted by Crippen LogP contribution is 2.17. The molecule has 1 saturated heterocycles. The van der Waals surface area contributed by atoms with Gasteiger partial charge >= 0.3 is 0 Å². The van der Waals surface area contributed by atoms with Crippen LogP contribution in [0.5, 0.6) is 5.75 Å². The fraction of sp³-hybridized carbons (Fsp3) is 0.286. The van der Waals surface area contributed by atoms with Crippen molar-refractivity contribution in [3.8, 4) is 5.75 Å². The van der Waals surface area contributed by atoms with Gasteiger partial charge < -0.3 is 24.1 Å². The molecule has 8 heteroatoms. The van der Waals surface area contributed by atoms with Crippen molar-refractivity contribution in [2.24, 2.45) is 0 Å². The number of fused-ring (bicyclic) bond motifs is 1. The lowest BCUT2D eigenvalue weighted by atomic mass is 10.3. The van der Waals surface area contributed by atoms with Crippen molar-refractivity contribution in [3.05, 3.63) is 60.0 Å². The number of rotatable bonds is 5. The summed E-state index contributed by atoms with van der Waals surface area (Å²) in [5, 5.41) is 2.82. The van der Waals surface area contributed by atoms with Crippen LogP contribution in [-0.2, 0) is 9.53 Å². The Morgan fingerprint density at radius 1 is 1.17 bits per heavy atom. The van der Waals surface area contributed by atoms with Gasteiger partial charge in [-0.3, -0.25) is 9.59 Å². The zero-order valence-corrected chi connectivity index (χ0v) is 16.1. The Morgan fingerprint density at radius 3 is 2.66 bits per heavy atom. The molecule has 8 nitrogen and oxygen atoms in total. The topological polar surface area (TPSA) is 85.2 Å². The number of nitrogens with one attached hydrogen (secondary N) is 1. The Hall–Kier alpha value is -3.39. The van der Waals surface area contributed by atoms with Gasteiger partial charge in [0.2, 0.25) is 0 Å². The van der Waals surface area contributed by atoms with Gasteiger partial charge in [0.25, 0.3) is 11.8 Å². The molecular formula is C21H22N4O4. The molecule has 0 unspecified atom stereocenters. The highest BCUT2D eigenvalue weighted by molar-refractivity contribution is 6.03. The standard InChI is InChI=1S/C21H22N4O4/c1-15-3-2-8-25-13-18(23-20(15)25)21(27)22-16-4-6-17(7-5-16)29-14-19(26)24-9-11-28-12-10-24/h2-8,13H,9-12,14H2,1H3,(H,22,27). The SMILES string of the molecule is Cc1cccn2cc(C(=O)Nc3ccc(OCC(=O)N4CCOCC4)cc3)nc12. The van der Waals surface area contributed by atoms with Crippen LogP contribution < -0.4 is 10.1 Å². The fourth-order valence-corrected chi connectivity index (χ4v) is 3.14. The minimum atomic E-state index is -0.288. The number of ether oxygens (including phenoxy) is 2. The van der Waals surface area contributed by atoms with Crippen LogP contribution >= 0.6 is 0 Å². The van der Waals surface area contributed by atoms with Gasteiger partial charge in [-0.05, 0) is 42.8 Å². The number of nitrogens with zero attached hydrogens (tertiary/aromatic N) is 3. The van der Waals surface area contributed by atoms with E-state index in [-0.39, 0.29) is 18.4 Å². The average Bonchev–Trinajstić information content (AvgIpc) is 3.20. The summed E-state index contributed by atoms with van der Waals surface area (Å²) in [4.78, 5) is 30.7. The van der Waals surface area contributed by atoms with Crippen LogP contribution in [-0.4, -0.2) is 59.0 Å². The summed E-state index contributed by atoms with van der Waals surface area (Å²) in [5.41, 5.74) is 2.72. The monoisotopic (exact) mass is 394 g/mol. The molecule has 0 atom stereocenters. The molecule has 3 heterocycles. The lowest BCUT2D eigenvalue weighted by molar-refractivity contribution is -0.137. The van der Waals surface area contributed by atoms with Gasteiger partial charge in [-0.2, -0.15) is 0 Å². The van der Waals surface area contributed by atoms with E-state index in [4.69, 9.17) is 9.47 Å². The van der Waals surface area contributed by atoms with Gasteiger partial charge in [-0.15, -0.1) is 0 Å². The minimum Gasteiger partial charge on any atom is -0.484 e. The molecule has 1 aromatic carbocycles. The average molecular weight is 394 g/mol. The maximum absolute atomic E-state index is 12.5. The maximum Gasteiger partial charge on any atom is 0.275 e. The van der Waals surface area contributed by atoms with E-state index >= 15 is 0 Å². The molecule has 0 radical (unpaired) electrons. The molecule has 0 spiro atoms. The summed E-state index contributed by atoms with van der Waals surface area (Å²) in [6.07, 6.45) is 3.56. The van der Waals surface area contributed by atoms with Crippen LogP contribution in [0.25, 0.3) is 5.65 Å². The number of pyridine rings is 1. The number of hydrogen-bond donors (Lipinski definition) is 1. The van der Waals surface area contributed by atoms with Gasteiger partial charge in [-0.1, -0.05) is 6.07 Å². The van der Waals surface area contributed by atoms with Gasteiger partial charge in [-0.25, -0.2) is 4.98 Å². The number of morpholine rings is 1. The molecule has 0 aliphatic carbocycles. The number of hydrogen-bond acceptors (Lipinski definition) is 5. The number of carbonyl (C=O) groups excluding carboxylic acids is 2. The highest BCUT2D eigenvalue weighted by atomic mass is 16.5. The van der Waals surface area contributed by atoms with Crippen LogP contribution in [0.1, 0.15) is 16.1 Å². The lowest BCUT2D eigenvalue weighted by Gasteiger charge is -2.26. The zero-order valence-electron chi connectivity index (χ0n) is 16.1. The second-order valence-corrected chi connectivity index (χ2v) is 6.81. The Morgan fingerprint density at radius 2 is 1.93 bits per heavy atom. The van der Waals surface area contributed by atoms with Crippen molar-refractivity contribution in [1.29, 1.82) is 0 Å². The first kappa shape index (κ1) is 18.9. The Kier molecular flexibility index (Phi) is 5.44. The van der Waals surface area contributed by atoms with Crippen molar-refractivity contribution >= 4 is 23.1 Å². The molecule has 4 rings (SSSR count). The normalized spacial score (nSPS) is 14.0. The molecule has 1 N–H and O–H groups in total. The van der Waals surface area contributed by atoms with E-state index in [0.29, 0.717) is 43.4 Å². The summed E-state index contributed by atoms with van der Waals surface area (Å²) < 4.78 is 12.6. The lowest BCUT2D eigenvalue weighted by Crippen LogP contribution is -2.42. The Labute approximate surface area is 168 Å². The van der Waals surface area contributed by atoms with Crippen LogP contribution in [0.2, 0.25) is 0 Å². The van der Waals surface area contributed by atoms with Crippen LogP contribution in [0.15, 0.2) is 48.8 Å². The highest BCUT2D eigenvalue weighted by Gasteiger charge is 2.17. The third-order valence-corrected chi connectivity index (χ3v) is 4.75. The largest absolute Gasteiger partial charge is 0.484 e. The predicted octanol–water partition coefficient (Wildman–Crippen LogP) is 2.13. The van der Waals surface area contributed by atoms with E-state index in [1.807, 2.05) is 29.7 Å². The summed E-state index contributed by atoms with van der Waals surface area (Å²) in [7, 11) is 0. The number of anilines is 1. The minimum absolute atomic E-state index is 0.0215. The van der Waals surface area contributed by atoms with E-state index in [2.05, 4.69) is 10.3 Å². The first-order valence-electron chi connectivity index (χ1n) is 9.44. The quantitative estimate of drug-likeness (QED) is 0.717. The zero-order chi connectivity index (χ0) is 20.2. The van der Waals surface area contributed by atoms with E-state index in [1.165, 1.54) is 0 Å². The molecular weight excluding hydrogens is 372 g/mol. The molecule has 1 fully saturated rings. The fourth-order valence-electron chi connectivity index (χ4n) is 3.14.